The Kier molecular flexibility index (Phi) is 8.80. The minimum absolute atomic E-state index is 0.0213. The first-order valence-electron chi connectivity index (χ1n) is 5.25. The summed E-state index contributed by atoms with van der Waals surface area (Å²) >= 11 is 0. The van der Waals surface area contributed by atoms with Crippen LogP contribution < -0.4 is 0 Å². The number of carboxylic acids is 1. The van der Waals surface area contributed by atoms with E-state index in [1.54, 1.807) is 0 Å². The van der Waals surface area contributed by atoms with Crippen molar-refractivity contribution in [1.82, 2.24) is 0 Å². The molecule has 0 spiro atoms. The summed E-state index contributed by atoms with van der Waals surface area (Å²) in [6.07, 6.45) is 3.62. The summed E-state index contributed by atoms with van der Waals surface area (Å²) in [4.78, 5) is 9.00. The summed E-state index contributed by atoms with van der Waals surface area (Å²) in [6.45, 7) is 4.64. The molecule has 0 amide bonds. The van der Waals surface area contributed by atoms with Crippen molar-refractivity contribution in [2.75, 3.05) is 19.8 Å². The van der Waals surface area contributed by atoms with Gasteiger partial charge in [-0.2, -0.15) is 0 Å². The molecule has 1 aliphatic rings. The molecule has 0 radical (unpaired) electrons. The Morgan fingerprint density at radius 3 is 2.31 bits per heavy atom. The van der Waals surface area contributed by atoms with Crippen LogP contribution in [0.2, 0.25) is 0 Å². The summed E-state index contributed by atoms with van der Waals surface area (Å²) in [5, 5.41) is 16.0. The highest BCUT2D eigenvalue weighted by Crippen LogP contribution is 2.13. The summed E-state index contributed by atoms with van der Waals surface area (Å²) < 4.78 is 10.5. The van der Waals surface area contributed by atoms with Crippen molar-refractivity contribution in [1.29, 1.82) is 0 Å². The van der Waals surface area contributed by atoms with Crippen LogP contribution >= 0.6 is 0 Å². The Morgan fingerprint density at radius 2 is 1.88 bits per heavy atom. The monoisotopic (exact) mass is 232 g/mol. The standard InChI is InChI=1S/C9H16O3.C2H4O2/c1-8(4-5-10)2-3-9-11-6-7-12-9;1-2(3)4/h4,9-10H,2-3,5-7H2,1H3;1H3,(H,3,4). The molecule has 0 aromatic carbocycles. The van der Waals surface area contributed by atoms with E-state index in [4.69, 9.17) is 24.5 Å². The van der Waals surface area contributed by atoms with Crippen molar-refractivity contribution in [3.05, 3.63) is 11.6 Å². The molecule has 0 aliphatic carbocycles. The van der Waals surface area contributed by atoms with Crippen LogP contribution in [-0.4, -0.2) is 42.3 Å². The molecule has 2 N–H and O–H groups in total. The molecule has 0 aromatic rings. The van der Waals surface area contributed by atoms with Crippen molar-refractivity contribution in [3.63, 3.8) is 0 Å². The molecular formula is C11H20O5. The van der Waals surface area contributed by atoms with Gasteiger partial charge in [0.15, 0.2) is 6.29 Å². The molecule has 16 heavy (non-hydrogen) atoms. The number of aliphatic hydroxyl groups excluding tert-OH is 1. The highest BCUT2D eigenvalue weighted by Gasteiger charge is 2.14. The van der Waals surface area contributed by atoms with E-state index in [0.29, 0.717) is 13.2 Å². The normalized spacial score (nSPS) is 16.8. The zero-order chi connectivity index (χ0) is 12.4. The topological polar surface area (TPSA) is 76.0 Å². The van der Waals surface area contributed by atoms with Crippen LogP contribution in [0.3, 0.4) is 0 Å². The van der Waals surface area contributed by atoms with Gasteiger partial charge in [-0.15, -0.1) is 0 Å². The molecular weight excluding hydrogens is 212 g/mol. The third-order valence-corrected chi connectivity index (χ3v) is 1.90. The Morgan fingerprint density at radius 1 is 1.38 bits per heavy atom. The van der Waals surface area contributed by atoms with Crippen LogP contribution in [0, 0.1) is 0 Å². The first kappa shape index (κ1) is 15.1. The molecule has 1 aliphatic heterocycles. The molecule has 5 heteroatoms. The molecule has 1 saturated heterocycles. The van der Waals surface area contributed by atoms with Gasteiger partial charge in [0.1, 0.15) is 0 Å². The lowest BCUT2D eigenvalue weighted by atomic mass is 10.1. The average molecular weight is 232 g/mol. The lowest BCUT2D eigenvalue weighted by molar-refractivity contribution is -0.134. The van der Waals surface area contributed by atoms with Gasteiger partial charge in [0.2, 0.25) is 0 Å². The number of carboxylic acid groups (broad SMARTS) is 1. The first-order chi connectivity index (χ1) is 7.56. The molecule has 0 atom stereocenters. The second-order valence-electron chi connectivity index (χ2n) is 3.46. The Balaban J connectivity index is 0.000000487. The fourth-order valence-corrected chi connectivity index (χ4v) is 1.18. The fraction of sp³-hybridized carbons (Fsp3) is 0.727. The van der Waals surface area contributed by atoms with E-state index in [2.05, 4.69) is 0 Å². The van der Waals surface area contributed by atoms with Crippen molar-refractivity contribution >= 4 is 5.97 Å². The number of aliphatic hydroxyl groups is 1. The number of hydrogen-bond acceptors (Lipinski definition) is 4. The van der Waals surface area contributed by atoms with Crippen LogP contribution in [0.1, 0.15) is 26.7 Å². The number of carbonyl (C=O) groups is 1. The maximum Gasteiger partial charge on any atom is 0.300 e. The second kappa shape index (κ2) is 9.33. The third-order valence-electron chi connectivity index (χ3n) is 1.90. The van der Waals surface area contributed by atoms with Crippen molar-refractivity contribution in [2.24, 2.45) is 0 Å². The summed E-state index contributed by atoms with van der Waals surface area (Å²) in [5.41, 5.74) is 1.19. The van der Waals surface area contributed by atoms with E-state index in [-0.39, 0.29) is 12.9 Å². The molecule has 1 rings (SSSR count). The summed E-state index contributed by atoms with van der Waals surface area (Å²) in [7, 11) is 0. The van der Waals surface area contributed by atoms with E-state index in [0.717, 1.165) is 19.8 Å². The number of ether oxygens (including phenoxy) is 2. The molecule has 5 nitrogen and oxygen atoms in total. The number of hydrogen-bond donors (Lipinski definition) is 2. The van der Waals surface area contributed by atoms with E-state index in [1.807, 2.05) is 13.0 Å². The van der Waals surface area contributed by atoms with Gasteiger partial charge in [-0.25, -0.2) is 0 Å². The van der Waals surface area contributed by atoms with Crippen molar-refractivity contribution in [3.8, 4) is 0 Å². The van der Waals surface area contributed by atoms with Crippen LogP contribution in [0.15, 0.2) is 11.6 Å². The first-order valence-corrected chi connectivity index (χ1v) is 5.25. The van der Waals surface area contributed by atoms with Crippen molar-refractivity contribution in [2.45, 2.75) is 33.0 Å². The maximum absolute atomic E-state index is 9.00. The molecule has 0 saturated carbocycles. The lowest BCUT2D eigenvalue weighted by Crippen LogP contribution is -2.06. The predicted octanol–water partition coefficient (Wildman–Crippen LogP) is 1.17. The summed E-state index contributed by atoms with van der Waals surface area (Å²) in [5.74, 6) is -0.833. The Hall–Kier alpha value is -0.910. The quantitative estimate of drug-likeness (QED) is 0.711. The largest absolute Gasteiger partial charge is 0.481 e. The highest BCUT2D eigenvalue weighted by molar-refractivity contribution is 5.62. The van der Waals surface area contributed by atoms with E-state index in [9.17, 15) is 0 Å². The lowest BCUT2D eigenvalue weighted by Gasteiger charge is -2.08. The van der Waals surface area contributed by atoms with Crippen molar-refractivity contribution < 1.29 is 24.5 Å². The summed E-state index contributed by atoms with van der Waals surface area (Å²) in [6, 6.07) is 0. The van der Waals surface area contributed by atoms with Crippen LogP contribution in [0.5, 0.6) is 0 Å². The Bertz CT molecular complexity index is 214. The number of aliphatic carboxylic acids is 1. The minimum atomic E-state index is -0.833. The third kappa shape index (κ3) is 9.64. The van der Waals surface area contributed by atoms with Gasteiger partial charge >= 0.3 is 0 Å². The van der Waals surface area contributed by atoms with E-state index >= 15 is 0 Å². The molecule has 0 bridgehead atoms. The second-order valence-corrected chi connectivity index (χ2v) is 3.46. The van der Waals surface area contributed by atoms with Gasteiger partial charge in [-0.05, 0) is 13.3 Å². The molecule has 1 heterocycles. The Labute approximate surface area is 95.7 Å². The van der Waals surface area contributed by atoms with E-state index < -0.39 is 5.97 Å². The maximum atomic E-state index is 9.00. The van der Waals surface area contributed by atoms with Gasteiger partial charge in [0.25, 0.3) is 5.97 Å². The van der Waals surface area contributed by atoms with Gasteiger partial charge in [-0.3, -0.25) is 4.79 Å². The number of allylic oxidation sites excluding steroid dienone is 1. The van der Waals surface area contributed by atoms with E-state index in [1.165, 1.54) is 5.57 Å². The predicted molar refractivity (Wildman–Crippen MR) is 59.1 cm³/mol. The van der Waals surface area contributed by atoms with Crippen LogP contribution in [0.25, 0.3) is 0 Å². The van der Waals surface area contributed by atoms with Crippen LogP contribution in [-0.2, 0) is 14.3 Å². The van der Waals surface area contributed by atoms with Gasteiger partial charge < -0.3 is 19.7 Å². The van der Waals surface area contributed by atoms with Gasteiger partial charge in [-0.1, -0.05) is 11.6 Å². The average Bonchev–Trinajstić information content (AvgIpc) is 2.66. The molecule has 1 fully saturated rings. The fourth-order valence-electron chi connectivity index (χ4n) is 1.18. The highest BCUT2D eigenvalue weighted by atomic mass is 16.7. The zero-order valence-corrected chi connectivity index (χ0v) is 9.81. The molecule has 94 valence electrons. The number of rotatable bonds is 4. The van der Waals surface area contributed by atoms with Crippen LogP contribution in [0.4, 0.5) is 0 Å². The molecule has 0 unspecified atom stereocenters. The smallest absolute Gasteiger partial charge is 0.300 e. The van der Waals surface area contributed by atoms with Gasteiger partial charge in [0, 0.05) is 13.3 Å². The molecule has 0 aromatic heterocycles. The SMILES string of the molecule is CC(=CCO)CCC1OCCO1.CC(=O)O. The zero-order valence-electron chi connectivity index (χ0n) is 9.81. The minimum Gasteiger partial charge on any atom is -0.481 e. The van der Waals surface area contributed by atoms with Gasteiger partial charge in [0.05, 0.1) is 19.8 Å².